The zero-order valence-corrected chi connectivity index (χ0v) is 9.21. The number of hydrogen-bond acceptors (Lipinski definition) is 2. The fourth-order valence-electron chi connectivity index (χ4n) is 2.75. The van der Waals surface area contributed by atoms with Crippen molar-refractivity contribution in [1.82, 2.24) is 9.78 Å². The normalized spacial score (nSPS) is 27.2. The van der Waals surface area contributed by atoms with Crippen molar-refractivity contribution >= 4 is 0 Å². The number of aliphatic hydroxyl groups is 1. The molecule has 2 aliphatic rings. The molecule has 0 amide bonds. The third kappa shape index (κ3) is 1.33. The second-order valence-corrected chi connectivity index (χ2v) is 4.74. The van der Waals surface area contributed by atoms with Crippen LogP contribution in [-0.4, -0.2) is 14.9 Å². The first-order valence-electron chi connectivity index (χ1n) is 5.47. The Kier molecular flexibility index (Phi) is 2.10. The highest BCUT2D eigenvalue weighted by Gasteiger charge is 2.67. The van der Waals surface area contributed by atoms with Gasteiger partial charge in [0, 0.05) is 11.5 Å². The zero-order chi connectivity index (χ0) is 13.2. The van der Waals surface area contributed by atoms with Crippen LogP contribution in [0.3, 0.4) is 0 Å². The van der Waals surface area contributed by atoms with Gasteiger partial charge < -0.3 is 5.11 Å². The van der Waals surface area contributed by atoms with Gasteiger partial charge in [-0.2, -0.15) is 13.9 Å². The first-order valence-corrected chi connectivity index (χ1v) is 5.47. The van der Waals surface area contributed by atoms with Crippen molar-refractivity contribution in [2.75, 3.05) is 0 Å². The Morgan fingerprint density at radius 3 is 2.78 bits per heavy atom. The Morgan fingerprint density at radius 1 is 1.56 bits per heavy atom. The van der Waals surface area contributed by atoms with Crippen molar-refractivity contribution in [3.63, 3.8) is 0 Å². The molecule has 18 heavy (non-hydrogen) atoms. The van der Waals surface area contributed by atoms with Crippen molar-refractivity contribution < 1.29 is 22.7 Å². The number of aromatic nitrogens is 2. The molecular formula is C11H10F4N2O. The first-order chi connectivity index (χ1) is 8.34. The third-order valence-corrected chi connectivity index (χ3v) is 3.50. The molecule has 0 saturated heterocycles. The molecule has 0 radical (unpaired) electrons. The summed E-state index contributed by atoms with van der Waals surface area (Å²) >= 11 is 0. The molecular weight excluding hydrogens is 252 g/mol. The van der Waals surface area contributed by atoms with E-state index in [1.54, 1.807) is 0 Å². The molecule has 3 rings (SSSR count). The van der Waals surface area contributed by atoms with E-state index in [-0.39, 0.29) is 18.5 Å². The van der Waals surface area contributed by atoms with Crippen LogP contribution in [0.1, 0.15) is 35.7 Å². The van der Waals surface area contributed by atoms with Gasteiger partial charge in [0.25, 0.3) is 12.3 Å². The predicted octanol–water partition coefficient (Wildman–Crippen LogP) is 3.10. The van der Waals surface area contributed by atoms with Gasteiger partial charge >= 0.3 is 0 Å². The highest BCUT2D eigenvalue weighted by Crippen LogP contribution is 2.68. The molecule has 3 nitrogen and oxygen atoms in total. The van der Waals surface area contributed by atoms with Gasteiger partial charge in [0.05, 0.1) is 6.54 Å². The summed E-state index contributed by atoms with van der Waals surface area (Å²) in [6, 6.07) is 0. The van der Waals surface area contributed by atoms with Crippen LogP contribution in [0.15, 0.2) is 12.3 Å². The van der Waals surface area contributed by atoms with Crippen molar-refractivity contribution in [2.24, 2.45) is 5.92 Å². The summed E-state index contributed by atoms with van der Waals surface area (Å²) < 4.78 is 54.3. The maximum atomic E-state index is 13.9. The molecule has 7 heteroatoms. The summed E-state index contributed by atoms with van der Waals surface area (Å²) in [5.74, 6) is -4.94. The molecule has 0 spiro atoms. The van der Waals surface area contributed by atoms with Gasteiger partial charge in [-0.1, -0.05) is 6.58 Å². The van der Waals surface area contributed by atoms with Crippen LogP contribution in [-0.2, 0) is 12.5 Å². The van der Waals surface area contributed by atoms with Gasteiger partial charge in [0.1, 0.15) is 17.1 Å². The minimum atomic E-state index is -3.14. The summed E-state index contributed by atoms with van der Waals surface area (Å²) in [7, 11) is 0. The summed E-state index contributed by atoms with van der Waals surface area (Å²) in [6.45, 7) is 2.79. The minimum Gasteiger partial charge on any atom is -0.511 e. The van der Waals surface area contributed by atoms with Crippen LogP contribution in [0.5, 0.6) is 0 Å². The van der Waals surface area contributed by atoms with E-state index >= 15 is 0 Å². The molecule has 0 bridgehead atoms. The highest BCUT2D eigenvalue weighted by atomic mass is 19.3. The molecule has 1 N–H and O–H groups in total. The number of allylic oxidation sites excluding steroid dienone is 1. The van der Waals surface area contributed by atoms with Crippen LogP contribution >= 0.6 is 0 Å². The van der Waals surface area contributed by atoms with Gasteiger partial charge in [0.2, 0.25) is 0 Å². The molecule has 98 valence electrons. The van der Waals surface area contributed by atoms with Crippen LogP contribution in [0, 0.1) is 5.92 Å². The Labute approximate surface area is 99.7 Å². The number of fused-ring (bicyclic) bond motifs is 3. The van der Waals surface area contributed by atoms with E-state index in [0.29, 0.717) is 0 Å². The molecule has 2 atom stereocenters. The average molecular weight is 262 g/mol. The van der Waals surface area contributed by atoms with E-state index in [9.17, 15) is 17.6 Å². The van der Waals surface area contributed by atoms with E-state index in [0.717, 1.165) is 4.68 Å². The fourth-order valence-corrected chi connectivity index (χ4v) is 2.75. The van der Waals surface area contributed by atoms with Crippen LogP contribution in [0.2, 0.25) is 0 Å². The molecule has 1 fully saturated rings. The number of halogens is 4. The second kappa shape index (κ2) is 3.27. The van der Waals surface area contributed by atoms with Crippen LogP contribution in [0.4, 0.5) is 17.6 Å². The lowest BCUT2D eigenvalue weighted by atomic mass is 10.1. The lowest BCUT2D eigenvalue weighted by Crippen LogP contribution is -2.20. The summed E-state index contributed by atoms with van der Waals surface area (Å²) in [4.78, 5) is 0. The van der Waals surface area contributed by atoms with Crippen molar-refractivity contribution in [2.45, 2.75) is 31.2 Å². The van der Waals surface area contributed by atoms with Crippen molar-refractivity contribution in [3.8, 4) is 0 Å². The Balaban J connectivity index is 2.16. The predicted molar refractivity (Wildman–Crippen MR) is 53.7 cm³/mol. The SMILES string of the molecule is C=C(O)Cn1nc(C(F)F)c2c1C(F)(F)[C@@H]1C[C@H]21. The lowest BCUT2D eigenvalue weighted by Gasteiger charge is -2.14. The molecule has 1 aromatic rings. The van der Waals surface area contributed by atoms with E-state index < -0.39 is 41.3 Å². The van der Waals surface area contributed by atoms with Crippen molar-refractivity contribution in [1.29, 1.82) is 0 Å². The van der Waals surface area contributed by atoms with Crippen LogP contribution < -0.4 is 0 Å². The standard InChI is InChI=1S/C11H10F4N2O/c1-4(18)3-17-9-7(8(16-17)10(12)13)5-2-6(5)11(9,14)15/h5-6,10,18H,1-3H2/t5-,6+/m0/s1. The van der Waals surface area contributed by atoms with Gasteiger partial charge in [-0.05, 0) is 12.3 Å². The fraction of sp³-hybridized carbons (Fsp3) is 0.545. The maximum absolute atomic E-state index is 13.9. The Hall–Kier alpha value is -1.53. The first kappa shape index (κ1) is 11.6. The number of alkyl halides is 4. The van der Waals surface area contributed by atoms with E-state index in [4.69, 9.17) is 5.11 Å². The Morgan fingerprint density at radius 2 is 2.22 bits per heavy atom. The molecule has 1 saturated carbocycles. The van der Waals surface area contributed by atoms with Gasteiger partial charge in [-0.3, -0.25) is 4.68 Å². The quantitative estimate of drug-likeness (QED) is 0.671. The topological polar surface area (TPSA) is 38.0 Å². The van der Waals surface area contributed by atoms with Gasteiger partial charge in [-0.15, -0.1) is 0 Å². The largest absolute Gasteiger partial charge is 0.511 e. The molecule has 1 aromatic heterocycles. The third-order valence-electron chi connectivity index (χ3n) is 3.50. The molecule has 0 aliphatic heterocycles. The van der Waals surface area contributed by atoms with Gasteiger partial charge in [0.15, 0.2) is 0 Å². The lowest BCUT2D eigenvalue weighted by molar-refractivity contribution is -0.0310. The van der Waals surface area contributed by atoms with E-state index in [2.05, 4.69) is 11.7 Å². The highest BCUT2D eigenvalue weighted by molar-refractivity contribution is 5.46. The maximum Gasteiger partial charge on any atom is 0.293 e. The zero-order valence-electron chi connectivity index (χ0n) is 9.21. The van der Waals surface area contributed by atoms with Crippen LogP contribution in [0.25, 0.3) is 0 Å². The van der Waals surface area contributed by atoms with E-state index in [1.807, 2.05) is 0 Å². The average Bonchev–Trinajstić information content (AvgIpc) is 2.88. The van der Waals surface area contributed by atoms with Gasteiger partial charge in [-0.25, -0.2) is 8.78 Å². The molecule has 1 heterocycles. The summed E-state index contributed by atoms with van der Waals surface area (Å²) in [5.41, 5.74) is -1.09. The number of aliphatic hydroxyl groups excluding tert-OH is 1. The monoisotopic (exact) mass is 262 g/mol. The second-order valence-electron chi connectivity index (χ2n) is 4.74. The number of hydrogen-bond donors (Lipinski definition) is 1. The molecule has 0 aromatic carbocycles. The smallest absolute Gasteiger partial charge is 0.293 e. The molecule has 0 unspecified atom stereocenters. The number of rotatable bonds is 3. The summed E-state index contributed by atoms with van der Waals surface area (Å²) in [6.07, 6.45) is -2.66. The number of nitrogens with zero attached hydrogens (tertiary/aromatic N) is 2. The minimum absolute atomic E-state index is 0.0266. The summed E-state index contributed by atoms with van der Waals surface area (Å²) in [5, 5.41) is 12.6. The molecule has 2 aliphatic carbocycles. The van der Waals surface area contributed by atoms with E-state index in [1.165, 1.54) is 0 Å². The van der Waals surface area contributed by atoms with Crippen molar-refractivity contribution in [3.05, 3.63) is 29.3 Å². The Bertz CT molecular complexity index is 537.